The molecule has 1 spiro atoms. The summed E-state index contributed by atoms with van der Waals surface area (Å²) in [7, 11) is 1.65. The standard InChI is InChI=1S/C27H26ClN3O4/c1-4-35-25(33)23-24(29)31(16-13-12-15(2)18(28)14-16)20-10-7-11-21(32)22(20)27(23)17-8-5-6-9-19(17)30(3)26(27)34/h5-6,8-9,12-14H,4,7,10-11,29H2,1-3H3. The van der Waals surface area contributed by atoms with E-state index in [4.69, 9.17) is 22.1 Å². The first-order valence-corrected chi connectivity index (χ1v) is 12.0. The second kappa shape index (κ2) is 8.27. The van der Waals surface area contributed by atoms with Crippen molar-refractivity contribution >= 4 is 40.6 Å². The van der Waals surface area contributed by atoms with Crippen molar-refractivity contribution in [3.8, 4) is 0 Å². The number of ketones is 1. The number of halogens is 1. The first-order valence-electron chi connectivity index (χ1n) is 11.6. The normalized spacial score (nSPS) is 21.6. The zero-order chi connectivity index (χ0) is 25.1. The van der Waals surface area contributed by atoms with Crippen LogP contribution in [0, 0.1) is 6.92 Å². The van der Waals surface area contributed by atoms with E-state index in [2.05, 4.69) is 0 Å². The lowest BCUT2D eigenvalue weighted by molar-refractivity contribution is -0.140. The van der Waals surface area contributed by atoms with E-state index >= 15 is 0 Å². The number of likely N-dealkylation sites (N-methyl/N-ethyl adjacent to an activating group) is 1. The second-order valence-electron chi connectivity index (χ2n) is 8.98. The number of carbonyl (C=O) groups is 3. The van der Waals surface area contributed by atoms with E-state index in [-0.39, 0.29) is 30.2 Å². The third kappa shape index (κ3) is 3.07. The summed E-state index contributed by atoms with van der Waals surface area (Å²) < 4.78 is 5.44. The number of benzene rings is 2. The van der Waals surface area contributed by atoms with Crippen LogP contribution in [0.4, 0.5) is 11.4 Å². The molecule has 0 aromatic heterocycles. The van der Waals surface area contributed by atoms with Gasteiger partial charge in [0.2, 0.25) is 5.91 Å². The van der Waals surface area contributed by atoms with Crippen molar-refractivity contribution in [2.75, 3.05) is 23.5 Å². The average molecular weight is 492 g/mol. The minimum atomic E-state index is -1.67. The van der Waals surface area contributed by atoms with Crippen molar-refractivity contribution in [3.05, 3.63) is 81.3 Å². The molecule has 2 N–H and O–H groups in total. The number of Topliss-reactive ketones (excluding diaryl/α,β-unsaturated/α-hetero) is 1. The third-order valence-corrected chi connectivity index (χ3v) is 7.50. The Morgan fingerprint density at radius 1 is 1.17 bits per heavy atom. The summed E-state index contributed by atoms with van der Waals surface area (Å²) in [4.78, 5) is 44.6. The molecule has 1 unspecified atom stereocenters. The molecule has 180 valence electrons. The number of para-hydroxylation sites is 1. The molecule has 1 amide bonds. The predicted molar refractivity (Wildman–Crippen MR) is 134 cm³/mol. The Kier molecular flexibility index (Phi) is 5.48. The molecule has 2 heterocycles. The number of hydrogen-bond donors (Lipinski definition) is 1. The number of nitrogens with two attached hydrogens (primary N) is 1. The monoisotopic (exact) mass is 491 g/mol. The number of esters is 1. The molecule has 1 atom stereocenters. The largest absolute Gasteiger partial charge is 0.462 e. The van der Waals surface area contributed by atoms with E-state index in [0.717, 1.165) is 5.56 Å². The molecule has 0 saturated heterocycles. The third-order valence-electron chi connectivity index (χ3n) is 7.09. The number of aryl methyl sites for hydroxylation is 1. The fraction of sp³-hybridized carbons (Fsp3) is 0.296. The van der Waals surface area contributed by atoms with Crippen LogP contribution in [0.1, 0.15) is 37.3 Å². The van der Waals surface area contributed by atoms with Crippen LogP contribution in [0.5, 0.6) is 0 Å². The Balaban J connectivity index is 1.91. The van der Waals surface area contributed by atoms with Gasteiger partial charge in [-0.25, -0.2) is 4.79 Å². The number of allylic oxidation sites excluding steroid dienone is 1. The highest BCUT2D eigenvalue weighted by molar-refractivity contribution is 6.31. The van der Waals surface area contributed by atoms with E-state index in [1.807, 2.05) is 25.1 Å². The maximum absolute atomic E-state index is 14.1. The molecule has 0 radical (unpaired) electrons. The van der Waals surface area contributed by atoms with E-state index in [1.165, 1.54) is 4.90 Å². The van der Waals surface area contributed by atoms with E-state index in [1.54, 1.807) is 43.1 Å². The Bertz CT molecular complexity index is 1360. The highest BCUT2D eigenvalue weighted by Gasteiger charge is 2.63. The molecule has 2 aliphatic heterocycles. The summed E-state index contributed by atoms with van der Waals surface area (Å²) in [5.41, 5.74) is 8.68. The number of fused-ring (bicyclic) bond motifs is 3. The SMILES string of the molecule is CCOC(=O)C1=C(N)N(c2ccc(C)c(Cl)c2)C2=C(C(=O)CCC2)C12C(=O)N(C)c1ccccc12. The van der Waals surface area contributed by atoms with Gasteiger partial charge < -0.3 is 15.4 Å². The van der Waals surface area contributed by atoms with Gasteiger partial charge in [-0.15, -0.1) is 0 Å². The lowest BCUT2D eigenvalue weighted by Crippen LogP contribution is -2.54. The number of ether oxygens (including phenoxy) is 1. The Labute approximate surface area is 208 Å². The molecule has 8 heteroatoms. The summed E-state index contributed by atoms with van der Waals surface area (Å²) in [6, 6.07) is 12.7. The molecule has 2 aromatic carbocycles. The lowest BCUT2D eigenvalue weighted by Gasteiger charge is -2.44. The lowest BCUT2D eigenvalue weighted by atomic mass is 9.63. The predicted octanol–water partition coefficient (Wildman–Crippen LogP) is 4.12. The zero-order valence-corrected chi connectivity index (χ0v) is 20.6. The van der Waals surface area contributed by atoms with Gasteiger partial charge in [0.15, 0.2) is 5.78 Å². The maximum Gasteiger partial charge on any atom is 0.339 e. The summed E-state index contributed by atoms with van der Waals surface area (Å²) in [5, 5.41) is 0.527. The van der Waals surface area contributed by atoms with Gasteiger partial charge in [0.25, 0.3) is 0 Å². The van der Waals surface area contributed by atoms with Crippen LogP contribution >= 0.6 is 11.6 Å². The maximum atomic E-state index is 14.1. The Hall–Kier alpha value is -3.58. The molecule has 0 saturated carbocycles. The molecule has 5 rings (SSSR count). The summed E-state index contributed by atoms with van der Waals surface area (Å²) in [6.07, 6.45) is 1.40. The second-order valence-corrected chi connectivity index (χ2v) is 9.39. The molecule has 0 bridgehead atoms. The van der Waals surface area contributed by atoms with Gasteiger partial charge in [-0.1, -0.05) is 35.9 Å². The highest BCUT2D eigenvalue weighted by Crippen LogP contribution is 2.56. The number of carbonyl (C=O) groups excluding carboxylic acids is 3. The van der Waals surface area contributed by atoms with Gasteiger partial charge >= 0.3 is 5.97 Å². The first-order chi connectivity index (χ1) is 16.7. The van der Waals surface area contributed by atoms with Crippen molar-refractivity contribution < 1.29 is 19.1 Å². The molecule has 1 aliphatic carbocycles. The summed E-state index contributed by atoms with van der Waals surface area (Å²) >= 11 is 6.44. The van der Waals surface area contributed by atoms with Crippen molar-refractivity contribution in [3.63, 3.8) is 0 Å². The van der Waals surface area contributed by atoms with Crippen molar-refractivity contribution in [2.24, 2.45) is 5.73 Å². The number of amides is 1. The smallest absolute Gasteiger partial charge is 0.339 e. The van der Waals surface area contributed by atoms with Gasteiger partial charge in [-0.3, -0.25) is 14.5 Å². The minimum absolute atomic E-state index is 0.0353. The molecule has 7 nitrogen and oxygen atoms in total. The zero-order valence-electron chi connectivity index (χ0n) is 19.9. The van der Waals surface area contributed by atoms with Crippen LogP contribution < -0.4 is 15.5 Å². The number of anilines is 2. The molecular weight excluding hydrogens is 466 g/mol. The molecular formula is C27H26ClN3O4. The van der Waals surface area contributed by atoms with Crippen molar-refractivity contribution in [1.29, 1.82) is 0 Å². The van der Waals surface area contributed by atoms with Gasteiger partial charge in [0, 0.05) is 46.7 Å². The van der Waals surface area contributed by atoms with Gasteiger partial charge in [-0.05, 0) is 50.5 Å². The molecule has 35 heavy (non-hydrogen) atoms. The molecule has 0 fully saturated rings. The highest BCUT2D eigenvalue weighted by atomic mass is 35.5. The molecule has 2 aromatic rings. The van der Waals surface area contributed by atoms with Crippen molar-refractivity contribution in [1.82, 2.24) is 0 Å². The van der Waals surface area contributed by atoms with Crippen LogP contribution in [0.2, 0.25) is 5.02 Å². The van der Waals surface area contributed by atoms with Gasteiger partial charge in [0.05, 0.1) is 6.61 Å². The van der Waals surface area contributed by atoms with E-state index in [0.29, 0.717) is 46.1 Å². The topological polar surface area (TPSA) is 92.9 Å². The number of rotatable bonds is 3. The first kappa shape index (κ1) is 23.2. The van der Waals surface area contributed by atoms with Gasteiger partial charge in [-0.2, -0.15) is 0 Å². The fourth-order valence-corrected chi connectivity index (χ4v) is 5.74. The van der Waals surface area contributed by atoms with Crippen LogP contribution in [0.15, 0.2) is 65.1 Å². The minimum Gasteiger partial charge on any atom is -0.462 e. The molecule has 3 aliphatic rings. The van der Waals surface area contributed by atoms with Crippen LogP contribution in [-0.2, 0) is 24.5 Å². The van der Waals surface area contributed by atoms with Crippen LogP contribution in [0.3, 0.4) is 0 Å². The van der Waals surface area contributed by atoms with E-state index in [9.17, 15) is 14.4 Å². The number of nitrogens with zero attached hydrogens (tertiary/aromatic N) is 2. The van der Waals surface area contributed by atoms with Gasteiger partial charge in [0.1, 0.15) is 16.8 Å². The fourth-order valence-electron chi connectivity index (χ4n) is 5.57. The Morgan fingerprint density at radius 2 is 1.91 bits per heavy atom. The number of hydrogen-bond acceptors (Lipinski definition) is 6. The van der Waals surface area contributed by atoms with Crippen LogP contribution in [0.25, 0.3) is 0 Å². The Morgan fingerprint density at radius 3 is 2.63 bits per heavy atom. The summed E-state index contributed by atoms with van der Waals surface area (Å²) in [5.74, 6) is -1.23. The average Bonchev–Trinajstić information content (AvgIpc) is 3.04. The quantitative estimate of drug-likeness (QED) is 0.649. The van der Waals surface area contributed by atoms with E-state index < -0.39 is 17.3 Å². The summed E-state index contributed by atoms with van der Waals surface area (Å²) in [6.45, 7) is 3.67. The van der Waals surface area contributed by atoms with Crippen molar-refractivity contribution in [2.45, 2.75) is 38.5 Å². The van der Waals surface area contributed by atoms with Crippen LogP contribution in [-0.4, -0.2) is 31.3 Å².